The van der Waals surface area contributed by atoms with Gasteiger partial charge >= 0.3 is 0 Å². The Bertz CT molecular complexity index is 393. The van der Waals surface area contributed by atoms with Gasteiger partial charge in [-0.05, 0) is 30.4 Å². The summed E-state index contributed by atoms with van der Waals surface area (Å²) in [6.45, 7) is 3.70. The van der Waals surface area contributed by atoms with Crippen LogP contribution in [0.3, 0.4) is 0 Å². The van der Waals surface area contributed by atoms with Crippen LogP contribution in [0.5, 0.6) is 0 Å². The molecule has 2 rings (SSSR count). The molecule has 1 aromatic heterocycles. The van der Waals surface area contributed by atoms with Crippen LogP contribution in [0.2, 0.25) is 0 Å². The summed E-state index contributed by atoms with van der Waals surface area (Å²) in [5.74, 6) is 0.730. The first kappa shape index (κ1) is 13.0. The number of aromatic nitrogens is 1. The van der Waals surface area contributed by atoms with E-state index in [1.165, 1.54) is 0 Å². The van der Waals surface area contributed by atoms with Crippen molar-refractivity contribution in [3.05, 3.63) is 30.1 Å². The van der Waals surface area contributed by atoms with Crippen molar-refractivity contribution in [3.8, 4) is 0 Å². The summed E-state index contributed by atoms with van der Waals surface area (Å²) in [6.07, 6.45) is 5.88. The SMILES string of the molecule is CC1CCN(C(=O)CCc2cccnc2)CC1N. The van der Waals surface area contributed by atoms with Crippen molar-refractivity contribution in [2.24, 2.45) is 11.7 Å². The molecule has 0 bridgehead atoms. The second kappa shape index (κ2) is 5.96. The molecule has 0 saturated carbocycles. The second-order valence-corrected chi connectivity index (χ2v) is 5.13. The molecule has 98 valence electrons. The predicted octanol–water partition coefficient (Wildman–Crippen LogP) is 1.21. The van der Waals surface area contributed by atoms with Crippen molar-refractivity contribution in [1.29, 1.82) is 0 Å². The maximum atomic E-state index is 12.1. The number of carbonyl (C=O) groups is 1. The molecule has 1 fully saturated rings. The highest BCUT2D eigenvalue weighted by Crippen LogP contribution is 2.16. The van der Waals surface area contributed by atoms with Gasteiger partial charge in [-0.25, -0.2) is 0 Å². The molecule has 0 spiro atoms. The number of nitrogens with two attached hydrogens (primary N) is 1. The van der Waals surface area contributed by atoms with Crippen LogP contribution in [-0.2, 0) is 11.2 Å². The summed E-state index contributed by atoms with van der Waals surface area (Å²) in [5.41, 5.74) is 7.12. The highest BCUT2D eigenvalue weighted by Gasteiger charge is 2.25. The molecule has 1 amide bonds. The second-order valence-electron chi connectivity index (χ2n) is 5.13. The topological polar surface area (TPSA) is 59.2 Å². The average molecular weight is 247 g/mol. The molecule has 0 aromatic carbocycles. The minimum atomic E-state index is 0.126. The highest BCUT2D eigenvalue weighted by atomic mass is 16.2. The molecular formula is C14H21N3O. The first-order valence-electron chi connectivity index (χ1n) is 6.59. The zero-order valence-corrected chi connectivity index (χ0v) is 10.9. The van der Waals surface area contributed by atoms with Crippen LogP contribution >= 0.6 is 0 Å². The number of pyridine rings is 1. The fraction of sp³-hybridized carbons (Fsp3) is 0.571. The number of amides is 1. The Morgan fingerprint density at radius 2 is 2.44 bits per heavy atom. The Morgan fingerprint density at radius 1 is 1.61 bits per heavy atom. The summed E-state index contributed by atoms with van der Waals surface area (Å²) in [4.78, 5) is 18.0. The number of nitrogens with zero attached hydrogens (tertiary/aromatic N) is 2. The third-order valence-electron chi connectivity index (χ3n) is 3.72. The standard InChI is InChI=1S/C14H21N3O/c1-11-6-8-17(10-13(11)15)14(18)5-4-12-3-2-7-16-9-12/h2-3,7,9,11,13H,4-6,8,10,15H2,1H3. The van der Waals surface area contributed by atoms with E-state index in [0.717, 1.165) is 24.9 Å². The van der Waals surface area contributed by atoms with Gasteiger partial charge in [0.2, 0.25) is 5.91 Å². The van der Waals surface area contributed by atoms with Gasteiger partial charge in [0.25, 0.3) is 0 Å². The molecule has 2 heterocycles. The van der Waals surface area contributed by atoms with E-state index < -0.39 is 0 Å². The van der Waals surface area contributed by atoms with Gasteiger partial charge < -0.3 is 10.6 Å². The summed E-state index contributed by atoms with van der Waals surface area (Å²) < 4.78 is 0. The van der Waals surface area contributed by atoms with Crippen molar-refractivity contribution in [3.63, 3.8) is 0 Å². The average Bonchev–Trinajstić information content (AvgIpc) is 2.40. The third-order valence-corrected chi connectivity index (χ3v) is 3.72. The number of likely N-dealkylation sites (tertiary alicyclic amines) is 1. The van der Waals surface area contributed by atoms with E-state index >= 15 is 0 Å². The molecule has 4 nitrogen and oxygen atoms in total. The van der Waals surface area contributed by atoms with Crippen LogP contribution in [-0.4, -0.2) is 34.9 Å². The molecule has 1 aliphatic heterocycles. The van der Waals surface area contributed by atoms with Crippen LogP contribution in [0.15, 0.2) is 24.5 Å². The van der Waals surface area contributed by atoms with Crippen molar-refractivity contribution in [2.75, 3.05) is 13.1 Å². The van der Waals surface area contributed by atoms with Crippen LogP contribution in [0, 0.1) is 5.92 Å². The Labute approximate surface area is 108 Å². The fourth-order valence-electron chi connectivity index (χ4n) is 2.28. The highest BCUT2D eigenvalue weighted by molar-refractivity contribution is 5.76. The maximum Gasteiger partial charge on any atom is 0.222 e. The van der Waals surface area contributed by atoms with Crippen LogP contribution < -0.4 is 5.73 Å². The Hall–Kier alpha value is -1.42. The van der Waals surface area contributed by atoms with Crippen LogP contribution in [0.4, 0.5) is 0 Å². The first-order chi connectivity index (χ1) is 8.66. The maximum absolute atomic E-state index is 12.1. The van der Waals surface area contributed by atoms with E-state index in [2.05, 4.69) is 11.9 Å². The van der Waals surface area contributed by atoms with Gasteiger partial charge in [0.05, 0.1) is 0 Å². The third kappa shape index (κ3) is 3.29. The predicted molar refractivity (Wildman–Crippen MR) is 70.9 cm³/mol. The van der Waals surface area contributed by atoms with E-state index in [-0.39, 0.29) is 11.9 Å². The summed E-state index contributed by atoms with van der Waals surface area (Å²) >= 11 is 0. The first-order valence-corrected chi connectivity index (χ1v) is 6.59. The molecule has 2 unspecified atom stereocenters. The Morgan fingerprint density at radius 3 is 3.11 bits per heavy atom. The number of hydrogen-bond acceptors (Lipinski definition) is 3. The van der Waals surface area contributed by atoms with Gasteiger partial charge in [0.15, 0.2) is 0 Å². The quantitative estimate of drug-likeness (QED) is 0.873. The zero-order valence-electron chi connectivity index (χ0n) is 10.9. The van der Waals surface area contributed by atoms with E-state index in [1.54, 1.807) is 6.20 Å². The molecule has 18 heavy (non-hydrogen) atoms. The summed E-state index contributed by atoms with van der Waals surface area (Å²) in [5, 5.41) is 0. The van der Waals surface area contributed by atoms with Crippen molar-refractivity contribution in [1.82, 2.24) is 9.88 Å². The molecule has 1 saturated heterocycles. The van der Waals surface area contributed by atoms with E-state index in [0.29, 0.717) is 18.9 Å². The number of carbonyl (C=O) groups excluding carboxylic acids is 1. The van der Waals surface area contributed by atoms with Crippen LogP contribution in [0.1, 0.15) is 25.3 Å². The van der Waals surface area contributed by atoms with Crippen molar-refractivity contribution in [2.45, 2.75) is 32.2 Å². The van der Waals surface area contributed by atoms with Gasteiger partial charge in [-0.15, -0.1) is 0 Å². The molecule has 1 aromatic rings. The molecule has 0 aliphatic carbocycles. The van der Waals surface area contributed by atoms with Gasteiger partial charge in [-0.3, -0.25) is 9.78 Å². The van der Waals surface area contributed by atoms with E-state index in [1.807, 2.05) is 23.2 Å². The Balaban J connectivity index is 1.82. The van der Waals surface area contributed by atoms with Gasteiger partial charge in [-0.2, -0.15) is 0 Å². The van der Waals surface area contributed by atoms with Gasteiger partial charge in [0.1, 0.15) is 0 Å². The number of piperidine rings is 1. The van der Waals surface area contributed by atoms with E-state index in [4.69, 9.17) is 5.73 Å². The lowest BCUT2D eigenvalue weighted by Gasteiger charge is -2.35. The lowest BCUT2D eigenvalue weighted by molar-refractivity contribution is -0.132. The molecule has 1 aliphatic rings. The minimum Gasteiger partial charge on any atom is -0.341 e. The number of aryl methyl sites for hydroxylation is 1. The minimum absolute atomic E-state index is 0.126. The van der Waals surface area contributed by atoms with Crippen molar-refractivity contribution < 1.29 is 4.79 Å². The fourth-order valence-corrected chi connectivity index (χ4v) is 2.28. The summed E-state index contributed by atoms with van der Waals surface area (Å²) in [6, 6.07) is 4.03. The molecule has 4 heteroatoms. The normalized spacial score (nSPS) is 24.0. The van der Waals surface area contributed by atoms with Gasteiger partial charge in [0, 0.05) is 37.9 Å². The molecular weight excluding hydrogens is 226 g/mol. The number of rotatable bonds is 3. The van der Waals surface area contributed by atoms with E-state index in [9.17, 15) is 4.79 Å². The van der Waals surface area contributed by atoms with Gasteiger partial charge in [-0.1, -0.05) is 13.0 Å². The number of hydrogen-bond donors (Lipinski definition) is 1. The van der Waals surface area contributed by atoms with Crippen molar-refractivity contribution >= 4 is 5.91 Å². The largest absolute Gasteiger partial charge is 0.341 e. The van der Waals surface area contributed by atoms with Crippen LogP contribution in [0.25, 0.3) is 0 Å². The zero-order chi connectivity index (χ0) is 13.0. The molecule has 2 atom stereocenters. The smallest absolute Gasteiger partial charge is 0.222 e. The summed E-state index contributed by atoms with van der Waals surface area (Å²) in [7, 11) is 0. The lowest BCUT2D eigenvalue weighted by atomic mass is 9.94. The lowest BCUT2D eigenvalue weighted by Crippen LogP contribution is -2.49. The molecule has 0 radical (unpaired) electrons. The molecule has 2 N–H and O–H groups in total. The monoisotopic (exact) mass is 247 g/mol. The Kier molecular flexibility index (Phi) is 4.31.